The summed E-state index contributed by atoms with van der Waals surface area (Å²) in [5.74, 6) is 0. The number of hydrogen-bond acceptors (Lipinski definition) is 2. The molecule has 3 nitrogen and oxygen atoms in total. The van der Waals surface area contributed by atoms with Crippen molar-refractivity contribution in [2.75, 3.05) is 13.6 Å². The largest absolute Gasteiger partial charge is 0.319 e. The van der Waals surface area contributed by atoms with E-state index < -0.39 is 0 Å². The van der Waals surface area contributed by atoms with E-state index in [1.54, 1.807) is 0 Å². The number of aryl methyl sites for hydroxylation is 4. The van der Waals surface area contributed by atoms with Crippen LogP contribution >= 0.6 is 0 Å². The van der Waals surface area contributed by atoms with E-state index in [4.69, 9.17) is 0 Å². The first kappa shape index (κ1) is 13.4. The SMILES string of the molecule is CNCCc1c(-c2ccc3c(c2)CCC3)c(C)nn1C. The van der Waals surface area contributed by atoms with E-state index in [-0.39, 0.29) is 0 Å². The molecule has 0 aliphatic heterocycles. The topological polar surface area (TPSA) is 29.9 Å². The Morgan fingerprint density at radius 1 is 1.25 bits per heavy atom. The van der Waals surface area contributed by atoms with E-state index in [2.05, 4.69) is 42.6 Å². The zero-order valence-electron chi connectivity index (χ0n) is 12.7. The van der Waals surface area contributed by atoms with Gasteiger partial charge in [-0.2, -0.15) is 5.10 Å². The average Bonchev–Trinajstić information content (AvgIpc) is 2.99. The van der Waals surface area contributed by atoms with Gasteiger partial charge >= 0.3 is 0 Å². The van der Waals surface area contributed by atoms with Crippen LogP contribution in [0.15, 0.2) is 18.2 Å². The summed E-state index contributed by atoms with van der Waals surface area (Å²) in [4.78, 5) is 0. The molecule has 20 heavy (non-hydrogen) atoms. The minimum atomic E-state index is 0.983. The highest BCUT2D eigenvalue weighted by atomic mass is 15.3. The molecule has 0 bridgehead atoms. The molecule has 3 rings (SSSR count). The molecule has 0 saturated heterocycles. The number of hydrogen-bond donors (Lipinski definition) is 1. The van der Waals surface area contributed by atoms with Gasteiger partial charge in [-0.05, 0) is 49.9 Å². The van der Waals surface area contributed by atoms with Gasteiger partial charge in [-0.3, -0.25) is 4.68 Å². The highest BCUT2D eigenvalue weighted by molar-refractivity contribution is 5.70. The van der Waals surface area contributed by atoms with Gasteiger partial charge in [0.1, 0.15) is 0 Å². The standard InChI is InChI=1S/C17H23N3/c1-12-17(16(9-10-18-2)20(3)19-12)15-8-7-13-5-4-6-14(13)11-15/h7-8,11,18H,4-6,9-10H2,1-3H3. The highest BCUT2D eigenvalue weighted by Gasteiger charge is 2.17. The Bertz CT molecular complexity index is 625. The Morgan fingerprint density at radius 2 is 2.05 bits per heavy atom. The third kappa shape index (κ3) is 2.27. The van der Waals surface area contributed by atoms with Crippen LogP contribution in [0, 0.1) is 6.92 Å². The first-order valence-electron chi connectivity index (χ1n) is 7.50. The van der Waals surface area contributed by atoms with Crippen molar-refractivity contribution in [1.29, 1.82) is 0 Å². The molecular formula is C17H23N3. The second-order valence-corrected chi connectivity index (χ2v) is 5.72. The number of rotatable bonds is 4. The molecule has 0 atom stereocenters. The van der Waals surface area contributed by atoms with Gasteiger partial charge in [0, 0.05) is 31.3 Å². The van der Waals surface area contributed by atoms with Crippen LogP contribution in [0.3, 0.4) is 0 Å². The predicted octanol–water partition coefficient (Wildman–Crippen LogP) is 2.65. The molecule has 2 aromatic rings. The molecule has 0 saturated carbocycles. The van der Waals surface area contributed by atoms with Gasteiger partial charge in [0.25, 0.3) is 0 Å². The molecule has 0 radical (unpaired) electrons. The van der Waals surface area contributed by atoms with E-state index in [1.165, 1.54) is 47.2 Å². The monoisotopic (exact) mass is 269 g/mol. The second kappa shape index (κ2) is 5.41. The van der Waals surface area contributed by atoms with Gasteiger partial charge in [0.05, 0.1) is 5.69 Å². The molecule has 0 fully saturated rings. The van der Waals surface area contributed by atoms with Gasteiger partial charge in [-0.15, -0.1) is 0 Å². The van der Waals surface area contributed by atoms with E-state index in [0.29, 0.717) is 0 Å². The van der Waals surface area contributed by atoms with Crippen LogP contribution in [-0.2, 0) is 26.3 Å². The van der Waals surface area contributed by atoms with Gasteiger partial charge in [-0.1, -0.05) is 18.2 Å². The summed E-state index contributed by atoms with van der Waals surface area (Å²) in [5.41, 5.74) is 8.20. The summed E-state index contributed by atoms with van der Waals surface area (Å²) in [5, 5.41) is 7.85. The predicted molar refractivity (Wildman–Crippen MR) is 83.0 cm³/mol. The van der Waals surface area contributed by atoms with Crippen LogP contribution in [0.2, 0.25) is 0 Å². The molecule has 3 heteroatoms. The van der Waals surface area contributed by atoms with Crippen LogP contribution < -0.4 is 5.32 Å². The Morgan fingerprint density at radius 3 is 2.85 bits per heavy atom. The van der Waals surface area contributed by atoms with Crippen molar-refractivity contribution >= 4 is 0 Å². The van der Waals surface area contributed by atoms with Gasteiger partial charge < -0.3 is 5.32 Å². The fourth-order valence-corrected chi connectivity index (χ4v) is 3.34. The lowest BCUT2D eigenvalue weighted by atomic mass is 9.98. The fraction of sp³-hybridized carbons (Fsp3) is 0.471. The Balaban J connectivity index is 2.04. The van der Waals surface area contributed by atoms with Gasteiger partial charge in [0.15, 0.2) is 0 Å². The van der Waals surface area contributed by atoms with Crippen LogP contribution in [0.4, 0.5) is 0 Å². The molecule has 1 heterocycles. The summed E-state index contributed by atoms with van der Waals surface area (Å²) >= 11 is 0. The minimum absolute atomic E-state index is 0.983. The molecular weight excluding hydrogens is 246 g/mol. The Labute approximate surface area is 121 Å². The molecule has 0 unspecified atom stereocenters. The molecule has 1 aromatic heterocycles. The Kier molecular flexibility index (Phi) is 3.62. The lowest BCUT2D eigenvalue weighted by molar-refractivity contribution is 0.678. The zero-order valence-corrected chi connectivity index (χ0v) is 12.7. The van der Waals surface area contributed by atoms with Crippen molar-refractivity contribution < 1.29 is 0 Å². The first-order valence-corrected chi connectivity index (χ1v) is 7.50. The number of nitrogens with one attached hydrogen (secondary N) is 1. The van der Waals surface area contributed by atoms with Crippen LogP contribution in [0.25, 0.3) is 11.1 Å². The molecule has 1 aliphatic carbocycles. The lowest BCUT2D eigenvalue weighted by Crippen LogP contribution is -2.13. The first-order chi connectivity index (χ1) is 9.70. The fourth-order valence-electron chi connectivity index (χ4n) is 3.34. The van der Waals surface area contributed by atoms with E-state index in [9.17, 15) is 0 Å². The molecule has 106 valence electrons. The normalized spacial score (nSPS) is 13.8. The van der Waals surface area contributed by atoms with Gasteiger partial charge in [-0.25, -0.2) is 0 Å². The van der Waals surface area contributed by atoms with Crippen molar-refractivity contribution in [3.63, 3.8) is 0 Å². The number of nitrogens with zero attached hydrogens (tertiary/aromatic N) is 2. The maximum absolute atomic E-state index is 4.62. The van der Waals surface area contributed by atoms with E-state index in [1.807, 2.05) is 11.7 Å². The number of benzene rings is 1. The van der Waals surface area contributed by atoms with Crippen LogP contribution in [0.1, 0.15) is 28.9 Å². The second-order valence-electron chi connectivity index (χ2n) is 5.72. The van der Waals surface area contributed by atoms with Gasteiger partial charge in [0.2, 0.25) is 0 Å². The van der Waals surface area contributed by atoms with Crippen molar-refractivity contribution in [2.45, 2.75) is 32.6 Å². The van der Waals surface area contributed by atoms with E-state index >= 15 is 0 Å². The molecule has 1 aliphatic rings. The third-order valence-electron chi connectivity index (χ3n) is 4.34. The summed E-state index contributed by atoms with van der Waals surface area (Å²) in [6.45, 7) is 3.10. The smallest absolute Gasteiger partial charge is 0.0674 e. The Hall–Kier alpha value is -1.61. The molecule has 0 amide bonds. The number of fused-ring (bicyclic) bond motifs is 1. The third-order valence-corrected chi connectivity index (χ3v) is 4.34. The van der Waals surface area contributed by atoms with E-state index in [0.717, 1.165) is 18.7 Å². The average molecular weight is 269 g/mol. The summed E-state index contributed by atoms with van der Waals surface area (Å²) in [7, 11) is 4.05. The molecule has 1 N–H and O–H groups in total. The summed E-state index contributed by atoms with van der Waals surface area (Å²) < 4.78 is 2.04. The van der Waals surface area contributed by atoms with Crippen LogP contribution in [0.5, 0.6) is 0 Å². The zero-order chi connectivity index (χ0) is 14.1. The maximum Gasteiger partial charge on any atom is 0.0674 e. The summed E-state index contributed by atoms with van der Waals surface area (Å²) in [6.07, 6.45) is 4.79. The lowest BCUT2D eigenvalue weighted by Gasteiger charge is -2.09. The number of likely N-dealkylation sites (N-methyl/N-ethyl adjacent to an activating group) is 1. The molecule has 0 spiro atoms. The highest BCUT2D eigenvalue weighted by Crippen LogP contribution is 2.32. The van der Waals surface area contributed by atoms with Crippen molar-refractivity contribution in [2.24, 2.45) is 7.05 Å². The van der Waals surface area contributed by atoms with Crippen molar-refractivity contribution in [1.82, 2.24) is 15.1 Å². The summed E-state index contributed by atoms with van der Waals surface area (Å²) in [6, 6.07) is 6.97. The van der Waals surface area contributed by atoms with Crippen molar-refractivity contribution in [3.05, 3.63) is 40.7 Å². The quantitative estimate of drug-likeness (QED) is 0.924. The van der Waals surface area contributed by atoms with Crippen molar-refractivity contribution in [3.8, 4) is 11.1 Å². The number of aromatic nitrogens is 2. The van der Waals surface area contributed by atoms with Crippen LogP contribution in [-0.4, -0.2) is 23.4 Å². The maximum atomic E-state index is 4.62. The minimum Gasteiger partial charge on any atom is -0.319 e. The molecule has 1 aromatic carbocycles.